The number of aromatic hydroxyl groups is 1. The Morgan fingerprint density at radius 1 is 1.33 bits per heavy atom. The van der Waals surface area contributed by atoms with Gasteiger partial charge < -0.3 is 9.52 Å². The van der Waals surface area contributed by atoms with Crippen LogP contribution in [-0.2, 0) is 0 Å². The summed E-state index contributed by atoms with van der Waals surface area (Å²) in [4.78, 5) is 4.29. The molecule has 1 aliphatic rings. The molecule has 0 radical (unpaired) electrons. The highest BCUT2D eigenvalue weighted by Gasteiger charge is 2.10. The zero-order chi connectivity index (χ0) is 10.3. The predicted octanol–water partition coefficient (Wildman–Crippen LogP) is 3.10. The Bertz CT molecular complexity index is 534. The van der Waals surface area contributed by atoms with E-state index >= 15 is 0 Å². The highest BCUT2D eigenvalue weighted by atomic mass is 16.3. The van der Waals surface area contributed by atoms with Crippen molar-refractivity contribution in [2.24, 2.45) is 0 Å². The minimum absolute atomic E-state index is 0.221. The molecule has 1 heterocycles. The lowest BCUT2D eigenvalue weighted by Crippen LogP contribution is -1.95. The molecule has 0 atom stereocenters. The van der Waals surface area contributed by atoms with Gasteiger partial charge in [0.05, 0.1) is 0 Å². The number of allylic oxidation sites excluding steroid dienone is 1. The van der Waals surface area contributed by atoms with Gasteiger partial charge in [0.15, 0.2) is 5.58 Å². The SMILES string of the molecule is Oc1ccc2oc(C=C3CCC3)nc2c1. The van der Waals surface area contributed by atoms with E-state index in [0.717, 1.165) is 18.4 Å². The number of hydrogen-bond acceptors (Lipinski definition) is 3. The molecule has 0 bridgehead atoms. The molecule has 0 aliphatic heterocycles. The van der Waals surface area contributed by atoms with Crippen LogP contribution in [0.25, 0.3) is 17.2 Å². The number of fused-ring (bicyclic) bond motifs is 1. The van der Waals surface area contributed by atoms with E-state index in [1.54, 1.807) is 18.2 Å². The van der Waals surface area contributed by atoms with Crippen LogP contribution in [0.4, 0.5) is 0 Å². The van der Waals surface area contributed by atoms with E-state index in [1.165, 1.54) is 12.0 Å². The van der Waals surface area contributed by atoms with Crippen molar-refractivity contribution >= 4 is 17.2 Å². The van der Waals surface area contributed by atoms with Gasteiger partial charge in [0.25, 0.3) is 0 Å². The molecule has 3 heteroatoms. The van der Waals surface area contributed by atoms with Crippen molar-refractivity contribution in [1.82, 2.24) is 4.98 Å². The van der Waals surface area contributed by atoms with Gasteiger partial charge >= 0.3 is 0 Å². The van der Waals surface area contributed by atoms with Crippen LogP contribution in [0, 0.1) is 0 Å². The molecule has 15 heavy (non-hydrogen) atoms. The van der Waals surface area contributed by atoms with Crippen LogP contribution in [0.2, 0.25) is 0 Å². The number of phenolic OH excluding ortho intramolecular Hbond substituents is 1. The summed E-state index contributed by atoms with van der Waals surface area (Å²) in [5.41, 5.74) is 2.82. The smallest absolute Gasteiger partial charge is 0.219 e. The molecule has 1 N–H and O–H groups in total. The molecule has 76 valence electrons. The molecule has 1 aromatic carbocycles. The summed E-state index contributed by atoms with van der Waals surface area (Å²) in [6.07, 6.45) is 5.58. The van der Waals surface area contributed by atoms with Gasteiger partial charge in [-0.15, -0.1) is 0 Å². The lowest BCUT2D eigenvalue weighted by Gasteiger charge is -2.14. The van der Waals surface area contributed by atoms with Gasteiger partial charge in [-0.3, -0.25) is 0 Å². The standard InChI is InChI=1S/C12H11NO2/c14-9-4-5-11-10(7-9)13-12(15-11)6-8-2-1-3-8/h4-7,14H,1-3H2. The van der Waals surface area contributed by atoms with E-state index in [9.17, 15) is 5.11 Å². The Morgan fingerprint density at radius 2 is 2.20 bits per heavy atom. The van der Waals surface area contributed by atoms with E-state index in [0.29, 0.717) is 11.4 Å². The molecule has 0 spiro atoms. The van der Waals surface area contributed by atoms with Gasteiger partial charge in [-0.1, -0.05) is 5.57 Å². The summed E-state index contributed by atoms with van der Waals surface area (Å²) < 4.78 is 5.53. The number of hydrogen-bond donors (Lipinski definition) is 1. The molecule has 3 nitrogen and oxygen atoms in total. The van der Waals surface area contributed by atoms with Crippen molar-refractivity contribution in [3.8, 4) is 5.75 Å². The molecular weight excluding hydrogens is 190 g/mol. The normalized spacial score (nSPS) is 15.3. The largest absolute Gasteiger partial charge is 0.508 e. The molecule has 1 aliphatic carbocycles. The van der Waals surface area contributed by atoms with Crippen molar-refractivity contribution in [2.45, 2.75) is 19.3 Å². The third-order valence-electron chi connectivity index (χ3n) is 2.71. The molecule has 0 amide bonds. The van der Waals surface area contributed by atoms with E-state index in [2.05, 4.69) is 4.98 Å². The Morgan fingerprint density at radius 3 is 2.93 bits per heavy atom. The lowest BCUT2D eigenvalue weighted by molar-refractivity contribution is 0.476. The predicted molar refractivity (Wildman–Crippen MR) is 57.5 cm³/mol. The first kappa shape index (κ1) is 8.53. The van der Waals surface area contributed by atoms with Gasteiger partial charge in [0.2, 0.25) is 5.89 Å². The molecule has 1 fully saturated rings. The maximum atomic E-state index is 9.28. The maximum Gasteiger partial charge on any atom is 0.219 e. The fraction of sp³-hybridized carbons (Fsp3) is 0.250. The van der Waals surface area contributed by atoms with Crippen LogP contribution < -0.4 is 0 Å². The minimum atomic E-state index is 0.221. The zero-order valence-corrected chi connectivity index (χ0v) is 8.23. The fourth-order valence-electron chi connectivity index (χ4n) is 1.70. The van der Waals surface area contributed by atoms with E-state index in [1.807, 2.05) is 6.08 Å². The average molecular weight is 201 g/mol. The number of nitrogens with zero attached hydrogens (tertiary/aromatic N) is 1. The third-order valence-corrected chi connectivity index (χ3v) is 2.71. The second kappa shape index (κ2) is 3.12. The first-order valence-electron chi connectivity index (χ1n) is 5.10. The Kier molecular flexibility index (Phi) is 1.78. The Hall–Kier alpha value is -1.77. The van der Waals surface area contributed by atoms with E-state index < -0.39 is 0 Å². The van der Waals surface area contributed by atoms with Crippen molar-refractivity contribution in [3.05, 3.63) is 29.7 Å². The summed E-state index contributed by atoms with van der Waals surface area (Å²) in [7, 11) is 0. The topological polar surface area (TPSA) is 46.3 Å². The molecule has 2 aromatic rings. The third kappa shape index (κ3) is 1.50. The summed E-state index contributed by atoms with van der Waals surface area (Å²) in [5.74, 6) is 0.865. The summed E-state index contributed by atoms with van der Waals surface area (Å²) in [6, 6.07) is 4.95. The number of rotatable bonds is 1. The van der Waals surface area contributed by atoms with Gasteiger partial charge in [-0.2, -0.15) is 0 Å². The first-order valence-corrected chi connectivity index (χ1v) is 5.10. The molecule has 3 rings (SSSR count). The Labute approximate surface area is 87.1 Å². The van der Waals surface area contributed by atoms with E-state index in [-0.39, 0.29) is 5.75 Å². The highest BCUT2D eigenvalue weighted by Crippen LogP contribution is 2.28. The van der Waals surface area contributed by atoms with Gasteiger partial charge in [0, 0.05) is 6.07 Å². The highest BCUT2D eigenvalue weighted by molar-refractivity contribution is 5.75. The summed E-state index contributed by atoms with van der Waals surface area (Å²) >= 11 is 0. The average Bonchev–Trinajstić information content (AvgIpc) is 2.53. The molecule has 0 saturated heterocycles. The quantitative estimate of drug-likeness (QED) is 0.771. The van der Waals surface area contributed by atoms with Gasteiger partial charge in [-0.05, 0) is 37.5 Å². The number of aromatic nitrogens is 1. The Balaban J connectivity index is 2.06. The van der Waals surface area contributed by atoms with Crippen LogP contribution in [0.1, 0.15) is 25.2 Å². The zero-order valence-electron chi connectivity index (χ0n) is 8.23. The van der Waals surface area contributed by atoms with Crippen LogP contribution in [0.5, 0.6) is 5.75 Å². The number of oxazole rings is 1. The van der Waals surface area contributed by atoms with Crippen LogP contribution in [0.15, 0.2) is 28.2 Å². The number of phenols is 1. The summed E-state index contributed by atoms with van der Waals surface area (Å²) in [5, 5.41) is 9.28. The molecular formula is C12H11NO2. The molecule has 1 aromatic heterocycles. The minimum Gasteiger partial charge on any atom is -0.508 e. The summed E-state index contributed by atoms with van der Waals surface area (Å²) in [6.45, 7) is 0. The van der Waals surface area contributed by atoms with E-state index in [4.69, 9.17) is 4.42 Å². The maximum absolute atomic E-state index is 9.28. The second-order valence-corrected chi connectivity index (χ2v) is 3.86. The number of benzene rings is 1. The van der Waals surface area contributed by atoms with Crippen molar-refractivity contribution in [1.29, 1.82) is 0 Å². The van der Waals surface area contributed by atoms with Gasteiger partial charge in [0.1, 0.15) is 11.3 Å². The first-order chi connectivity index (χ1) is 7.31. The van der Waals surface area contributed by atoms with Crippen molar-refractivity contribution in [3.63, 3.8) is 0 Å². The van der Waals surface area contributed by atoms with Crippen molar-refractivity contribution in [2.75, 3.05) is 0 Å². The monoisotopic (exact) mass is 201 g/mol. The second-order valence-electron chi connectivity index (χ2n) is 3.86. The fourth-order valence-corrected chi connectivity index (χ4v) is 1.70. The van der Waals surface area contributed by atoms with Crippen molar-refractivity contribution < 1.29 is 9.52 Å². The molecule has 1 saturated carbocycles. The van der Waals surface area contributed by atoms with Crippen LogP contribution in [-0.4, -0.2) is 10.1 Å². The van der Waals surface area contributed by atoms with Gasteiger partial charge in [-0.25, -0.2) is 4.98 Å². The molecule has 0 unspecified atom stereocenters. The lowest BCUT2D eigenvalue weighted by atomic mass is 9.92. The van der Waals surface area contributed by atoms with Crippen LogP contribution in [0.3, 0.4) is 0 Å². The van der Waals surface area contributed by atoms with Crippen LogP contribution >= 0.6 is 0 Å².